The predicted molar refractivity (Wildman–Crippen MR) is 123 cm³/mol. The molecular formula is C26H22N2O3. The lowest BCUT2D eigenvalue weighted by Crippen LogP contribution is -2.30. The van der Waals surface area contributed by atoms with Gasteiger partial charge in [0, 0.05) is 16.8 Å². The molecule has 0 unspecified atom stereocenters. The summed E-state index contributed by atoms with van der Waals surface area (Å²) in [6.07, 6.45) is 5.09. The van der Waals surface area contributed by atoms with Crippen molar-refractivity contribution in [3.8, 4) is 0 Å². The molecule has 3 rings (SSSR count). The smallest absolute Gasteiger partial charge is 0.272 e. The molecule has 0 aliphatic rings. The maximum atomic E-state index is 12.8. The van der Waals surface area contributed by atoms with Gasteiger partial charge in [0.15, 0.2) is 5.78 Å². The predicted octanol–water partition coefficient (Wildman–Crippen LogP) is 4.86. The number of rotatable bonds is 7. The average molecular weight is 410 g/mol. The zero-order valence-corrected chi connectivity index (χ0v) is 17.0. The molecule has 0 aromatic heterocycles. The van der Waals surface area contributed by atoms with Gasteiger partial charge in [-0.05, 0) is 55.0 Å². The lowest BCUT2D eigenvalue weighted by molar-refractivity contribution is -0.113. The Morgan fingerprint density at radius 3 is 1.97 bits per heavy atom. The van der Waals surface area contributed by atoms with Crippen molar-refractivity contribution >= 4 is 29.4 Å². The largest absolute Gasteiger partial charge is 0.321 e. The number of amides is 2. The van der Waals surface area contributed by atoms with E-state index in [1.165, 1.54) is 6.92 Å². The number of ketones is 1. The number of carbonyl (C=O) groups excluding carboxylic acids is 3. The highest BCUT2D eigenvalue weighted by atomic mass is 16.2. The molecule has 5 heteroatoms. The molecule has 0 bridgehead atoms. The lowest BCUT2D eigenvalue weighted by Gasteiger charge is -2.11. The number of Topliss-reactive ketones (excluding diaryl/α,β-unsaturated/α-hetero) is 1. The van der Waals surface area contributed by atoms with Crippen LogP contribution >= 0.6 is 0 Å². The number of hydrogen-bond acceptors (Lipinski definition) is 3. The molecule has 0 atom stereocenters. The molecule has 3 aromatic rings. The molecule has 3 aromatic carbocycles. The highest BCUT2D eigenvalue weighted by Gasteiger charge is 2.14. The van der Waals surface area contributed by atoms with Crippen molar-refractivity contribution < 1.29 is 14.4 Å². The quantitative estimate of drug-likeness (QED) is 0.332. The van der Waals surface area contributed by atoms with Crippen LogP contribution in [0, 0.1) is 0 Å². The number of hydrogen-bond donors (Lipinski definition) is 2. The fourth-order valence-corrected chi connectivity index (χ4v) is 2.76. The molecular weight excluding hydrogens is 388 g/mol. The van der Waals surface area contributed by atoms with E-state index in [1.807, 2.05) is 42.5 Å². The van der Waals surface area contributed by atoms with Crippen LogP contribution in [0.3, 0.4) is 0 Å². The topological polar surface area (TPSA) is 75.3 Å². The average Bonchev–Trinajstić information content (AvgIpc) is 2.80. The molecule has 31 heavy (non-hydrogen) atoms. The molecule has 0 aliphatic heterocycles. The maximum absolute atomic E-state index is 12.8. The second kappa shape index (κ2) is 10.5. The van der Waals surface area contributed by atoms with Crippen LogP contribution < -0.4 is 10.6 Å². The molecule has 0 spiro atoms. The van der Waals surface area contributed by atoms with E-state index in [0.717, 1.165) is 5.56 Å². The summed E-state index contributed by atoms with van der Waals surface area (Å²) in [7, 11) is 0. The van der Waals surface area contributed by atoms with Crippen molar-refractivity contribution in [2.24, 2.45) is 0 Å². The van der Waals surface area contributed by atoms with E-state index in [9.17, 15) is 14.4 Å². The maximum Gasteiger partial charge on any atom is 0.272 e. The fraction of sp³-hybridized carbons (Fsp3) is 0.0385. The van der Waals surface area contributed by atoms with Crippen LogP contribution in [-0.4, -0.2) is 17.6 Å². The highest BCUT2D eigenvalue weighted by molar-refractivity contribution is 6.08. The minimum absolute atomic E-state index is 0.0559. The van der Waals surface area contributed by atoms with Gasteiger partial charge in [0.1, 0.15) is 5.70 Å². The molecule has 2 N–H and O–H groups in total. The molecule has 0 heterocycles. The minimum Gasteiger partial charge on any atom is -0.321 e. The summed E-state index contributed by atoms with van der Waals surface area (Å²) in [4.78, 5) is 36.8. The lowest BCUT2D eigenvalue weighted by atomic mass is 10.1. The molecule has 5 nitrogen and oxygen atoms in total. The van der Waals surface area contributed by atoms with E-state index >= 15 is 0 Å². The van der Waals surface area contributed by atoms with Gasteiger partial charge in [-0.25, -0.2) is 0 Å². The first kappa shape index (κ1) is 21.5. The van der Waals surface area contributed by atoms with Crippen LogP contribution in [0.2, 0.25) is 0 Å². The van der Waals surface area contributed by atoms with Gasteiger partial charge in [0.2, 0.25) is 0 Å². The van der Waals surface area contributed by atoms with E-state index in [-0.39, 0.29) is 17.4 Å². The van der Waals surface area contributed by atoms with Crippen LogP contribution in [-0.2, 0) is 4.79 Å². The van der Waals surface area contributed by atoms with Gasteiger partial charge in [-0.2, -0.15) is 0 Å². The summed E-state index contributed by atoms with van der Waals surface area (Å²) in [6.45, 7) is 1.48. The van der Waals surface area contributed by atoms with Crippen molar-refractivity contribution in [2.75, 3.05) is 5.32 Å². The third-order valence-corrected chi connectivity index (χ3v) is 4.43. The number of benzene rings is 3. The van der Waals surface area contributed by atoms with Crippen LogP contribution in [0.5, 0.6) is 0 Å². The Morgan fingerprint density at radius 1 is 0.742 bits per heavy atom. The Bertz CT molecular complexity index is 1120. The van der Waals surface area contributed by atoms with Crippen LogP contribution in [0.4, 0.5) is 5.69 Å². The molecule has 154 valence electrons. The van der Waals surface area contributed by atoms with Gasteiger partial charge in [0.25, 0.3) is 11.8 Å². The van der Waals surface area contributed by atoms with E-state index in [1.54, 1.807) is 60.7 Å². The monoisotopic (exact) mass is 410 g/mol. The SMILES string of the molecule is CC(=O)c1ccc(NC(=O)/C(=C\C=C\c2ccccc2)NC(=O)c2ccccc2)cc1. The summed E-state index contributed by atoms with van der Waals surface area (Å²) in [5.41, 5.74) is 2.57. The Morgan fingerprint density at radius 2 is 1.35 bits per heavy atom. The second-order valence-electron chi connectivity index (χ2n) is 6.76. The number of carbonyl (C=O) groups is 3. The first-order valence-electron chi connectivity index (χ1n) is 9.75. The van der Waals surface area contributed by atoms with Crippen molar-refractivity contribution in [1.82, 2.24) is 5.32 Å². The third kappa shape index (κ3) is 6.37. The molecule has 0 fully saturated rings. The first-order valence-corrected chi connectivity index (χ1v) is 9.75. The molecule has 2 amide bonds. The highest BCUT2D eigenvalue weighted by Crippen LogP contribution is 2.12. The van der Waals surface area contributed by atoms with Crippen LogP contribution in [0.15, 0.2) is 103 Å². The van der Waals surface area contributed by atoms with E-state index in [4.69, 9.17) is 0 Å². The minimum atomic E-state index is -0.474. The Hall–Kier alpha value is -4.25. The zero-order valence-electron chi connectivity index (χ0n) is 17.0. The second-order valence-corrected chi connectivity index (χ2v) is 6.76. The fourth-order valence-electron chi connectivity index (χ4n) is 2.76. The van der Waals surface area contributed by atoms with Gasteiger partial charge < -0.3 is 10.6 Å². The van der Waals surface area contributed by atoms with Gasteiger partial charge in [0.05, 0.1) is 0 Å². The Kier molecular flexibility index (Phi) is 7.27. The molecule has 0 radical (unpaired) electrons. The molecule has 0 aliphatic carbocycles. The van der Waals surface area contributed by atoms with Crippen molar-refractivity contribution in [1.29, 1.82) is 0 Å². The van der Waals surface area contributed by atoms with Crippen LogP contribution in [0.25, 0.3) is 6.08 Å². The number of nitrogens with one attached hydrogen (secondary N) is 2. The van der Waals surface area contributed by atoms with E-state index in [0.29, 0.717) is 16.8 Å². The number of allylic oxidation sites excluding steroid dienone is 2. The van der Waals surface area contributed by atoms with Crippen molar-refractivity contribution in [2.45, 2.75) is 6.92 Å². The van der Waals surface area contributed by atoms with E-state index < -0.39 is 5.91 Å². The normalized spacial score (nSPS) is 11.2. The van der Waals surface area contributed by atoms with Crippen LogP contribution in [0.1, 0.15) is 33.2 Å². The Balaban J connectivity index is 1.80. The molecule has 0 saturated carbocycles. The summed E-state index contributed by atoms with van der Waals surface area (Å²) < 4.78 is 0. The standard InChI is InChI=1S/C26H22N2O3/c1-19(29)21-15-17-23(18-16-21)27-26(31)24(14-8-11-20-9-4-2-5-10-20)28-25(30)22-12-6-3-7-13-22/h2-18H,1H3,(H,27,31)(H,28,30)/b11-8+,24-14+. The molecule has 0 saturated heterocycles. The van der Waals surface area contributed by atoms with Gasteiger partial charge in [-0.1, -0.05) is 60.7 Å². The third-order valence-electron chi connectivity index (χ3n) is 4.43. The zero-order chi connectivity index (χ0) is 22.1. The van der Waals surface area contributed by atoms with Gasteiger partial charge in [-0.3, -0.25) is 14.4 Å². The summed E-state index contributed by atoms with van der Waals surface area (Å²) in [5.74, 6) is -0.917. The summed E-state index contributed by atoms with van der Waals surface area (Å²) >= 11 is 0. The van der Waals surface area contributed by atoms with Gasteiger partial charge in [-0.15, -0.1) is 0 Å². The van der Waals surface area contributed by atoms with Gasteiger partial charge >= 0.3 is 0 Å². The summed E-state index contributed by atoms with van der Waals surface area (Å²) in [6, 6.07) is 24.8. The number of anilines is 1. The Labute approximate surface area is 181 Å². The van der Waals surface area contributed by atoms with Crippen molar-refractivity contribution in [3.05, 3.63) is 119 Å². The van der Waals surface area contributed by atoms with Crippen molar-refractivity contribution in [3.63, 3.8) is 0 Å². The van der Waals surface area contributed by atoms with E-state index in [2.05, 4.69) is 10.6 Å². The first-order chi connectivity index (χ1) is 15.0. The summed E-state index contributed by atoms with van der Waals surface area (Å²) in [5, 5.41) is 5.42.